The van der Waals surface area contributed by atoms with Crippen molar-refractivity contribution in [1.29, 1.82) is 0 Å². The predicted molar refractivity (Wildman–Crippen MR) is 68.5 cm³/mol. The highest BCUT2D eigenvalue weighted by atomic mass is 35.5. The van der Waals surface area contributed by atoms with Crippen LogP contribution in [0.3, 0.4) is 0 Å². The summed E-state index contributed by atoms with van der Waals surface area (Å²) in [6.07, 6.45) is 4.90. The summed E-state index contributed by atoms with van der Waals surface area (Å²) < 4.78 is 5.09. The van der Waals surface area contributed by atoms with E-state index in [9.17, 15) is 0 Å². The topological polar surface area (TPSA) is 38.1 Å². The molecule has 1 atom stereocenters. The van der Waals surface area contributed by atoms with Crippen molar-refractivity contribution in [2.45, 2.75) is 13.0 Å². The second-order valence-corrected chi connectivity index (χ2v) is 4.41. The molecule has 2 heterocycles. The molecule has 2 aromatic rings. The van der Waals surface area contributed by atoms with Gasteiger partial charge in [0.05, 0.1) is 34.3 Å². The monoisotopic (exact) mass is 270 g/mol. The molecule has 5 heteroatoms. The molecule has 2 rings (SSSR count). The Morgan fingerprint density at radius 1 is 1.47 bits per heavy atom. The van der Waals surface area contributed by atoms with Crippen LogP contribution in [0.25, 0.3) is 0 Å². The molecule has 0 aromatic carbocycles. The molecule has 17 heavy (non-hydrogen) atoms. The molecule has 1 unspecified atom stereocenters. The fourth-order valence-corrected chi connectivity index (χ4v) is 2.14. The summed E-state index contributed by atoms with van der Waals surface area (Å²) in [5, 5.41) is 4.39. The first-order chi connectivity index (χ1) is 8.22. The summed E-state index contributed by atoms with van der Waals surface area (Å²) in [5.41, 5.74) is 1.74. The van der Waals surface area contributed by atoms with E-state index in [4.69, 9.17) is 27.6 Å². The van der Waals surface area contributed by atoms with Gasteiger partial charge in [0.25, 0.3) is 0 Å². The van der Waals surface area contributed by atoms with Gasteiger partial charge in [-0.05, 0) is 18.7 Å². The number of rotatable bonds is 4. The third-order valence-electron chi connectivity index (χ3n) is 2.39. The van der Waals surface area contributed by atoms with Gasteiger partial charge < -0.3 is 9.73 Å². The molecule has 0 bridgehead atoms. The van der Waals surface area contributed by atoms with E-state index in [1.165, 1.54) is 0 Å². The first-order valence-electron chi connectivity index (χ1n) is 5.28. The Kier molecular flexibility index (Phi) is 4.05. The molecule has 3 nitrogen and oxygen atoms in total. The van der Waals surface area contributed by atoms with Crippen molar-refractivity contribution in [3.8, 4) is 0 Å². The number of hydrogen-bond acceptors (Lipinski definition) is 3. The van der Waals surface area contributed by atoms with Crippen LogP contribution in [0.15, 0.2) is 35.3 Å². The van der Waals surface area contributed by atoms with Crippen molar-refractivity contribution in [2.24, 2.45) is 0 Å². The standard InChI is InChI=1S/C12H12Cl2N2O/c1-2-15-11(8-3-4-17-7-8)12-10(14)5-9(13)6-16-12/h3-7,11,15H,2H2,1H3. The Hall–Kier alpha value is -1.03. The van der Waals surface area contributed by atoms with E-state index in [0.717, 1.165) is 17.8 Å². The lowest BCUT2D eigenvalue weighted by Gasteiger charge is -2.17. The molecule has 0 aliphatic carbocycles. The minimum Gasteiger partial charge on any atom is -0.472 e. The number of hydrogen-bond donors (Lipinski definition) is 1. The summed E-state index contributed by atoms with van der Waals surface area (Å²) in [6, 6.07) is 3.50. The van der Waals surface area contributed by atoms with Crippen LogP contribution in [0.4, 0.5) is 0 Å². The lowest BCUT2D eigenvalue weighted by molar-refractivity contribution is 0.550. The molecule has 0 spiro atoms. The Morgan fingerprint density at radius 3 is 2.88 bits per heavy atom. The predicted octanol–water partition coefficient (Wildman–Crippen LogP) is 3.68. The van der Waals surface area contributed by atoms with Gasteiger partial charge in [0, 0.05) is 11.8 Å². The summed E-state index contributed by atoms with van der Waals surface area (Å²) in [5.74, 6) is 0. The van der Waals surface area contributed by atoms with E-state index in [1.807, 2.05) is 13.0 Å². The van der Waals surface area contributed by atoms with Crippen molar-refractivity contribution in [1.82, 2.24) is 10.3 Å². The van der Waals surface area contributed by atoms with Crippen LogP contribution < -0.4 is 5.32 Å². The van der Waals surface area contributed by atoms with E-state index in [1.54, 1.807) is 24.8 Å². The molecule has 0 radical (unpaired) electrons. The highest BCUT2D eigenvalue weighted by Crippen LogP contribution is 2.28. The van der Waals surface area contributed by atoms with Crippen LogP contribution >= 0.6 is 23.2 Å². The summed E-state index contributed by atoms with van der Waals surface area (Å²) in [6.45, 7) is 2.83. The number of nitrogens with one attached hydrogen (secondary N) is 1. The fourth-order valence-electron chi connectivity index (χ4n) is 1.65. The van der Waals surface area contributed by atoms with Crippen LogP contribution in [0.1, 0.15) is 24.2 Å². The van der Waals surface area contributed by atoms with Gasteiger partial charge in [0.1, 0.15) is 0 Å². The highest BCUT2D eigenvalue weighted by Gasteiger charge is 2.18. The summed E-state index contributed by atoms with van der Waals surface area (Å²) in [7, 11) is 0. The molecule has 0 fully saturated rings. The third kappa shape index (κ3) is 2.80. The summed E-state index contributed by atoms with van der Waals surface area (Å²) in [4.78, 5) is 4.28. The van der Waals surface area contributed by atoms with E-state index in [2.05, 4.69) is 10.3 Å². The highest BCUT2D eigenvalue weighted by molar-refractivity contribution is 6.34. The number of aromatic nitrogens is 1. The maximum Gasteiger partial charge on any atom is 0.0954 e. The van der Waals surface area contributed by atoms with Gasteiger partial charge in [-0.1, -0.05) is 30.1 Å². The van der Waals surface area contributed by atoms with E-state index in [0.29, 0.717) is 10.0 Å². The van der Waals surface area contributed by atoms with Crippen molar-refractivity contribution in [2.75, 3.05) is 6.54 Å². The molecule has 0 aliphatic rings. The van der Waals surface area contributed by atoms with Gasteiger partial charge in [0.15, 0.2) is 0 Å². The lowest BCUT2D eigenvalue weighted by atomic mass is 10.1. The molecule has 1 N–H and O–H groups in total. The molecule has 0 aliphatic heterocycles. The Balaban J connectivity index is 2.39. The van der Waals surface area contributed by atoms with Gasteiger partial charge in [-0.25, -0.2) is 0 Å². The van der Waals surface area contributed by atoms with Gasteiger partial charge in [0.2, 0.25) is 0 Å². The average molecular weight is 271 g/mol. The van der Waals surface area contributed by atoms with Crippen LogP contribution in [-0.2, 0) is 0 Å². The zero-order chi connectivity index (χ0) is 12.3. The second kappa shape index (κ2) is 5.54. The first kappa shape index (κ1) is 12.4. The van der Waals surface area contributed by atoms with Gasteiger partial charge in [-0.3, -0.25) is 4.98 Å². The number of pyridine rings is 1. The SMILES string of the molecule is CCNC(c1ccoc1)c1ncc(Cl)cc1Cl. The van der Waals surface area contributed by atoms with Gasteiger partial charge in [-0.2, -0.15) is 0 Å². The van der Waals surface area contributed by atoms with Crippen LogP contribution in [0.2, 0.25) is 10.0 Å². The number of furan rings is 1. The molecular formula is C12H12Cl2N2O. The lowest BCUT2D eigenvalue weighted by Crippen LogP contribution is -2.22. The zero-order valence-corrected chi connectivity index (χ0v) is 10.8. The smallest absolute Gasteiger partial charge is 0.0954 e. The van der Waals surface area contributed by atoms with Crippen LogP contribution in [0, 0.1) is 0 Å². The van der Waals surface area contributed by atoms with Gasteiger partial charge in [-0.15, -0.1) is 0 Å². The molecule has 90 valence electrons. The van der Waals surface area contributed by atoms with Crippen LogP contribution in [0.5, 0.6) is 0 Å². The van der Waals surface area contributed by atoms with Crippen LogP contribution in [-0.4, -0.2) is 11.5 Å². The second-order valence-electron chi connectivity index (χ2n) is 3.57. The quantitative estimate of drug-likeness (QED) is 0.921. The molecule has 0 saturated carbocycles. The minimum absolute atomic E-state index is 0.0801. The maximum atomic E-state index is 6.16. The van der Waals surface area contributed by atoms with Crippen molar-refractivity contribution < 1.29 is 4.42 Å². The molecule has 0 saturated heterocycles. The van der Waals surface area contributed by atoms with Gasteiger partial charge >= 0.3 is 0 Å². The summed E-state index contributed by atoms with van der Waals surface area (Å²) >= 11 is 12.0. The Morgan fingerprint density at radius 2 is 2.29 bits per heavy atom. The van der Waals surface area contributed by atoms with E-state index < -0.39 is 0 Å². The average Bonchev–Trinajstić information content (AvgIpc) is 2.80. The molecule has 2 aromatic heterocycles. The molecular weight excluding hydrogens is 259 g/mol. The van der Waals surface area contributed by atoms with E-state index >= 15 is 0 Å². The minimum atomic E-state index is -0.0801. The Bertz CT molecular complexity index is 485. The molecule has 0 amide bonds. The normalized spacial score (nSPS) is 12.6. The van der Waals surface area contributed by atoms with E-state index in [-0.39, 0.29) is 6.04 Å². The number of halogens is 2. The number of nitrogens with zero attached hydrogens (tertiary/aromatic N) is 1. The Labute approximate surface area is 110 Å². The maximum absolute atomic E-state index is 6.16. The third-order valence-corrected chi connectivity index (χ3v) is 2.90. The van der Waals surface area contributed by atoms with Crippen molar-refractivity contribution in [3.63, 3.8) is 0 Å². The van der Waals surface area contributed by atoms with Crippen molar-refractivity contribution >= 4 is 23.2 Å². The van der Waals surface area contributed by atoms with Crippen molar-refractivity contribution in [3.05, 3.63) is 52.2 Å². The zero-order valence-electron chi connectivity index (χ0n) is 9.28. The fraction of sp³-hybridized carbons (Fsp3) is 0.250. The largest absolute Gasteiger partial charge is 0.472 e. The first-order valence-corrected chi connectivity index (χ1v) is 6.04.